The van der Waals surface area contributed by atoms with Gasteiger partial charge in [-0.15, -0.1) is 0 Å². The summed E-state index contributed by atoms with van der Waals surface area (Å²) >= 11 is 0. The molecule has 0 amide bonds. The number of nitrogens with zero attached hydrogens (tertiary/aromatic N) is 2. The Bertz CT molecular complexity index is 942. The number of carboxylic acids is 1. The molecule has 2 N–H and O–H groups in total. The van der Waals surface area contributed by atoms with E-state index in [0.717, 1.165) is 19.4 Å². The highest BCUT2D eigenvalue weighted by atomic mass is 32.2. The molecule has 1 aromatic heterocycles. The van der Waals surface area contributed by atoms with Crippen LogP contribution in [-0.4, -0.2) is 37.2 Å². The van der Waals surface area contributed by atoms with Gasteiger partial charge >= 0.3 is 5.97 Å². The van der Waals surface area contributed by atoms with Crippen LogP contribution in [0.1, 0.15) is 23.2 Å². The fraction of sp³-hybridized carbons (Fsp3) is 0.250. The van der Waals surface area contributed by atoms with Gasteiger partial charge < -0.3 is 10.0 Å². The summed E-state index contributed by atoms with van der Waals surface area (Å²) < 4.78 is 27.8. The minimum absolute atomic E-state index is 0.0395. The number of hydrogen-bond acceptors (Lipinski definition) is 5. The molecule has 7 nitrogen and oxygen atoms in total. The Hall–Kier alpha value is -2.45. The summed E-state index contributed by atoms with van der Waals surface area (Å²) in [6.45, 7) is 0.801. The van der Waals surface area contributed by atoms with Crippen LogP contribution in [0.2, 0.25) is 0 Å². The van der Waals surface area contributed by atoms with Crippen molar-refractivity contribution in [1.29, 1.82) is 0 Å². The Balaban J connectivity index is 1.89. The van der Waals surface area contributed by atoms with Crippen molar-refractivity contribution in [3.05, 3.63) is 42.2 Å². The molecular formula is C16H15N3O4S. The fourth-order valence-electron chi connectivity index (χ4n) is 3.37. The van der Waals surface area contributed by atoms with E-state index in [-0.39, 0.29) is 16.6 Å². The molecule has 0 spiro atoms. The lowest BCUT2D eigenvalue weighted by molar-refractivity contribution is 0.0697. The number of nitrogens with one attached hydrogen (secondary N) is 1. The first-order valence-corrected chi connectivity index (χ1v) is 9.06. The number of carbonyl (C=O) groups is 1. The van der Waals surface area contributed by atoms with Crippen LogP contribution in [0.4, 0.5) is 5.69 Å². The molecule has 1 fully saturated rings. The van der Waals surface area contributed by atoms with Crippen molar-refractivity contribution in [2.75, 3.05) is 11.4 Å². The Labute approximate surface area is 139 Å². The lowest BCUT2D eigenvalue weighted by Crippen LogP contribution is -2.48. The number of hydrogen-bond donors (Lipinski definition) is 2. The highest BCUT2D eigenvalue weighted by Gasteiger charge is 2.37. The smallest absolute Gasteiger partial charge is 0.337 e. The standard InChI is InChI=1S/C16H15N3O4S/c20-16(21)12-9-17-6-5-11(12)10-3-4-13-14(8-10)24(22,23)18-15-2-1-7-19(13)15/h3-6,8-9,15,18H,1-2,7H2,(H,20,21). The van der Waals surface area contributed by atoms with E-state index in [0.29, 0.717) is 16.8 Å². The third-order valence-electron chi connectivity index (χ3n) is 4.47. The second kappa shape index (κ2) is 5.29. The predicted octanol–water partition coefficient (Wildman–Crippen LogP) is 1.67. The molecule has 24 heavy (non-hydrogen) atoms. The van der Waals surface area contributed by atoms with Crippen molar-refractivity contribution < 1.29 is 18.3 Å². The van der Waals surface area contributed by atoms with Crippen LogP contribution >= 0.6 is 0 Å². The molecule has 124 valence electrons. The maximum Gasteiger partial charge on any atom is 0.337 e. The van der Waals surface area contributed by atoms with Gasteiger partial charge in [0.2, 0.25) is 10.0 Å². The van der Waals surface area contributed by atoms with E-state index in [1.807, 2.05) is 4.90 Å². The number of carboxylic acid groups (broad SMARTS) is 1. The van der Waals surface area contributed by atoms with E-state index in [1.54, 1.807) is 18.2 Å². The van der Waals surface area contributed by atoms with Gasteiger partial charge in [-0.25, -0.2) is 13.2 Å². The van der Waals surface area contributed by atoms with Gasteiger partial charge in [-0.1, -0.05) is 6.07 Å². The van der Waals surface area contributed by atoms with Crippen molar-refractivity contribution in [2.45, 2.75) is 23.9 Å². The minimum Gasteiger partial charge on any atom is -0.478 e. The number of pyridine rings is 1. The molecule has 4 rings (SSSR count). The van der Waals surface area contributed by atoms with Crippen molar-refractivity contribution in [3.63, 3.8) is 0 Å². The summed E-state index contributed by atoms with van der Waals surface area (Å²) in [5.74, 6) is -1.10. The summed E-state index contributed by atoms with van der Waals surface area (Å²) in [4.78, 5) is 17.4. The van der Waals surface area contributed by atoms with Crippen molar-refractivity contribution >= 4 is 21.7 Å². The maximum absolute atomic E-state index is 12.6. The number of sulfonamides is 1. The predicted molar refractivity (Wildman–Crippen MR) is 87.3 cm³/mol. The van der Waals surface area contributed by atoms with Crippen LogP contribution in [0.3, 0.4) is 0 Å². The number of rotatable bonds is 2. The molecule has 0 bridgehead atoms. The molecule has 1 saturated heterocycles. The molecule has 1 unspecified atom stereocenters. The molecule has 2 aliphatic rings. The number of anilines is 1. The lowest BCUT2D eigenvalue weighted by Gasteiger charge is -2.34. The molecule has 2 aliphatic heterocycles. The molecule has 1 atom stereocenters. The first kappa shape index (κ1) is 15.1. The molecular weight excluding hydrogens is 330 g/mol. The number of fused-ring (bicyclic) bond motifs is 3. The second-order valence-electron chi connectivity index (χ2n) is 5.88. The van der Waals surface area contributed by atoms with Crippen molar-refractivity contribution in [2.24, 2.45) is 0 Å². The summed E-state index contributed by atoms with van der Waals surface area (Å²) in [6, 6.07) is 6.63. The van der Waals surface area contributed by atoms with E-state index >= 15 is 0 Å². The lowest BCUT2D eigenvalue weighted by atomic mass is 10.0. The average Bonchev–Trinajstić information content (AvgIpc) is 3.02. The minimum atomic E-state index is -3.61. The van der Waals surface area contributed by atoms with Gasteiger partial charge in [0.25, 0.3) is 0 Å². The Kier molecular flexibility index (Phi) is 3.33. The van der Waals surface area contributed by atoms with Crippen LogP contribution in [0.5, 0.6) is 0 Å². The van der Waals surface area contributed by atoms with Crippen LogP contribution in [-0.2, 0) is 10.0 Å². The van der Waals surface area contributed by atoms with Crippen LogP contribution < -0.4 is 9.62 Å². The van der Waals surface area contributed by atoms with Crippen molar-refractivity contribution in [1.82, 2.24) is 9.71 Å². The maximum atomic E-state index is 12.6. The SMILES string of the molecule is O=C(O)c1cnccc1-c1ccc2c(c1)S(=O)(=O)NC1CCCN21. The van der Waals surface area contributed by atoms with Gasteiger partial charge in [0.15, 0.2) is 0 Å². The van der Waals surface area contributed by atoms with Gasteiger partial charge in [-0.05, 0) is 42.2 Å². The largest absolute Gasteiger partial charge is 0.478 e. The van der Waals surface area contributed by atoms with E-state index in [4.69, 9.17) is 0 Å². The Morgan fingerprint density at radius 2 is 2.17 bits per heavy atom. The van der Waals surface area contributed by atoms with Gasteiger partial charge in [0, 0.05) is 18.9 Å². The van der Waals surface area contributed by atoms with E-state index in [2.05, 4.69) is 9.71 Å². The van der Waals surface area contributed by atoms with Crippen LogP contribution in [0.15, 0.2) is 41.6 Å². The van der Waals surface area contributed by atoms with Crippen LogP contribution in [0.25, 0.3) is 11.1 Å². The average molecular weight is 345 g/mol. The second-order valence-corrected chi connectivity index (χ2v) is 7.56. The molecule has 8 heteroatoms. The zero-order valence-electron chi connectivity index (χ0n) is 12.6. The first-order valence-electron chi connectivity index (χ1n) is 7.58. The Morgan fingerprint density at radius 3 is 2.96 bits per heavy atom. The highest BCUT2D eigenvalue weighted by molar-refractivity contribution is 7.89. The van der Waals surface area contributed by atoms with E-state index in [1.165, 1.54) is 18.5 Å². The zero-order valence-corrected chi connectivity index (χ0v) is 13.5. The molecule has 0 saturated carbocycles. The van der Waals surface area contributed by atoms with Gasteiger partial charge in [0.1, 0.15) is 4.90 Å². The molecule has 0 radical (unpaired) electrons. The monoisotopic (exact) mass is 345 g/mol. The summed E-state index contributed by atoms with van der Waals surface area (Å²) in [5.41, 5.74) is 1.69. The summed E-state index contributed by atoms with van der Waals surface area (Å²) in [5, 5.41) is 9.31. The number of benzene rings is 1. The highest BCUT2D eigenvalue weighted by Crippen LogP contribution is 2.38. The summed E-state index contributed by atoms with van der Waals surface area (Å²) in [7, 11) is -3.61. The number of aromatic carboxylic acids is 1. The molecule has 0 aliphatic carbocycles. The fourth-order valence-corrected chi connectivity index (χ4v) is 4.84. The Morgan fingerprint density at radius 1 is 1.33 bits per heavy atom. The van der Waals surface area contributed by atoms with E-state index < -0.39 is 16.0 Å². The topological polar surface area (TPSA) is 99.6 Å². The quantitative estimate of drug-likeness (QED) is 0.859. The molecule has 3 heterocycles. The van der Waals surface area contributed by atoms with Gasteiger partial charge in [-0.2, -0.15) is 4.72 Å². The zero-order chi connectivity index (χ0) is 16.9. The summed E-state index contributed by atoms with van der Waals surface area (Å²) in [6.07, 6.45) is 4.28. The third-order valence-corrected chi connectivity index (χ3v) is 5.95. The third kappa shape index (κ3) is 2.26. The van der Waals surface area contributed by atoms with Gasteiger partial charge in [0.05, 0.1) is 17.4 Å². The molecule has 2 aromatic rings. The van der Waals surface area contributed by atoms with E-state index in [9.17, 15) is 18.3 Å². The first-order chi connectivity index (χ1) is 11.5. The normalized spacial score (nSPS) is 21.2. The number of aromatic nitrogens is 1. The molecule has 1 aromatic carbocycles. The van der Waals surface area contributed by atoms with Crippen LogP contribution in [0, 0.1) is 0 Å². The van der Waals surface area contributed by atoms with Crippen molar-refractivity contribution in [3.8, 4) is 11.1 Å². The van der Waals surface area contributed by atoms with Gasteiger partial charge in [-0.3, -0.25) is 4.98 Å².